The zero-order valence-electron chi connectivity index (χ0n) is 15.2. The van der Waals surface area contributed by atoms with Gasteiger partial charge in [-0.1, -0.05) is 48.5 Å². The van der Waals surface area contributed by atoms with Crippen molar-refractivity contribution in [2.75, 3.05) is 16.9 Å². The molecular formula is C20H18N8. The van der Waals surface area contributed by atoms with Crippen molar-refractivity contribution in [2.45, 2.75) is 6.92 Å². The molecule has 0 atom stereocenters. The Morgan fingerprint density at radius 2 is 1.50 bits per heavy atom. The zero-order chi connectivity index (χ0) is 19.5. The van der Waals surface area contributed by atoms with E-state index in [2.05, 4.69) is 30.5 Å². The first kappa shape index (κ1) is 17.3. The number of nitrogens with one attached hydrogen (secondary N) is 1. The third-order valence-corrected chi connectivity index (χ3v) is 4.09. The first-order chi connectivity index (χ1) is 13.6. The lowest BCUT2D eigenvalue weighted by Gasteiger charge is -2.09. The van der Waals surface area contributed by atoms with Crippen molar-refractivity contribution >= 4 is 34.2 Å². The van der Waals surface area contributed by atoms with Crippen molar-refractivity contribution in [2.24, 2.45) is 5.10 Å². The number of hydrogen-bond donors (Lipinski definition) is 3. The second-order valence-corrected chi connectivity index (χ2v) is 6.10. The highest BCUT2D eigenvalue weighted by atomic mass is 15.3. The van der Waals surface area contributed by atoms with Crippen LogP contribution in [0.4, 0.5) is 17.3 Å². The third kappa shape index (κ3) is 3.43. The van der Waals surface area contributed by atoms with E-state index in [1.807, 2.05) is 60.7 Å². The molecule has 0 aliphatic rings. The summed E-state index contributed by atoms with van der Waals surface area (Å²) in [7, 11) is 0. The number of hydrogen-bond acceptors (Lipinski definition) is 8. The van der Waals surface area contributed by atoms with E-state index >= 15 is 0 Å². The Hall–Kier alpha value is -4.07. The highest BCUT2D eigenvalue weighted by Gasteiger charge is 2.15. The van der Waals surface area contributed by atoms with Gasteiger partial charge in [0, 0.05) is 5.56 Å². The van der Waals surface area contributed by atoms with E-state index in [1.165, 1.54) is 0 Å². The predicted molar refractivity (Wildman–Crippen MR) is 112 cm³/mol. The van der Waals surface area contributed by atoms with Gasteiger partial charge in [-0.2, -0.15) is 5.10 Å². The lowest BCUT2D eigenvalue weighted by Crippen LogP contribution is -2.11. The second-order valence-electron chi connectivity index (χ2n) is 6.10. The molecule has 4 rings (SSSR count). The molecular weight excluding hydrogens is 352 g/mol. The van der Waals surface area contributed by atoms with Crippen LogP contribution >= 0.6 is 0 Å². The Morgan fingerprint density at radius 3 is 2.21 bits per heavy atom. The molecule has 5 N–H and O–H groups in total. The van der Waals surface area contributed by atoms with Crippen LogP contribution in [0.5, 0.6) is 0 Å². The summed E-state index contributed by atoms with van der Waals surface area (Å²) in [6, 6.07) is 19.1. The lowest BCUT2D eigenvalue weighted by molar-refractivity contribution is 1.15. The summed E-state index contributed by atoms with van der Waals surface area (Å²) in [6.45, 7) is 1.79. The van der Waals surface area contributed by atoms with Gasteiger partial charge < -0.3 is 11.5 Å². The Kier molecular flexibility index (Phi) is 4.51. The van der Waals surface area contributed by atoms with Crippen molar-refractivity contribution in [3.63, 3.8) is 0 Å². The summed E-state index contributed by atoms with van der Waals surface area (Å²) >= 11 is 0. The molecule has 2 aromatic carbocycles. The fourth-order valence-corrected chi connectivity index (χ4v) is 2.68. The molecule has 28 heavy (non-hydrogen) atoms. The second kappa shape index (κ2) is 7.28. The Balaban J connectivity index is 1.73. The molecule has 0 bridgehead atoms. The minimum Gasteiger partial charge on any atom is -0.382 e. The van der Waals surface area contributed by atoms with Crippen LogP contribution in [-0.4, -0.2) is 25.6 Å². The van der Waals surface area contributed by atoms with Gasteiger partial charge in [0.2, 0.25) is 0 Å². The Bertz CT molecular complexity index is 1160. The van der Waals surface area contributed by atoms with Gasteiger partial charge in [-0.15, -0.1) is 0 Å². The molecule has 0 fully saturated rings. The Labute approximate surface area is 161 Å². The summed E-state index contributed by atoms with van der Waals surface area (Å²) in [5.74, 6) is 0.935. The van der Waals surface area contributed by atoms with Crippen molar-refractivity contribution in [1.29, 1.82) is 0 Å². The van der Waals surface area contributed by atoms with E-state index in [-0.39, 0.29) is 11.6 Å². The minimum atomic E-state index is 0.223. The van der Waals surface area contributed by atoms with Gasteiger partial charge in [0.1, 0.15) is 5.69 Å². The zero-order valence-corrected chi connectivity index (χ0v) is 15.2. The van der Waals surface area contributed by atoms with Gasteiger partial charge in [-0.25, -0.2) is 19.9 Å². The van der Waals surface area contributed by atoms with Crippen LogP contribution in [0.15, 0.2) is 65.8 Å². The summed E-state index contributed by atoms with van der Waals surface area (Å²) in [5, 5.41) is 4.33. The topological polar surface area (TPSA) is 128 Å². The van der Waals surface area contributed by atoms with Crippen LogP contribution in [0.3, 0.4) is 0 Å². The van der Waals surface area contributed by atoms with E-state index in [1.54, 1.807) is 6.92 Å². The molecule has 2 aromatic heterocycles. The molecule has 0 aliphatic heterocycles. The van der Waals surface area contributed by atoms with Gasteiger partial charge in [0.05, 0.1) is 11.4 Å². The van der Waals surface area contributed by atoms with E-state index in [4.69, 9.17) is 11.5 Å². The fourth-order valence-electron chi connectivity index (χ4n) is 2.68. The molecule has 0 amide bonds. The minimum absolute atomic E-state index is 0.223. The van der Waals surface area contributed by atoms with Gasteiger partial charge in [-0.3, -0.25) is 5.43 Å². The van der Waals surface area contributed by atoms with Gasteiger partial charge in [-0.05, 0) is 19.1 Å². The predicted octanol–water partition coefficient (Wildman–Crippen LogP) is 3.09. The van der Waals surface area contributed by atoms with Gasteiger partial charge in [0.15, 0.2) is 28.6 Å². The highest BCUT2D eigenvalue weighted by molar-refractivity contribution is 6.03. The molecule has 4 aromatic rings. The number of aromatic nitrogens is 4. The number of nitrogens with two attached hydrogens (primary N) is 2. The Morgan fingerprint density at radius 1 is 0.821 bits per heavy atom. The summed E-state index contributed by atoms with van der Waals surface area (Å²) < 4.78 is 0. The molecule has 2 heterocycles. The van der Waals surface area contributed by atoms with E-state index in [0.29, 0.717) is 28.4 Å². The molecule has 0 saturated carbocycles. The number of nitrogens with zero attached hydrogens (tertiary/aromatic N) is 5. The maximum Gasteiger partial charge on any atom is 0.186 e. The number of hydrazone groups is 1. The van der Waals surface area contributed by atoms with Gasteiger partial charge in [0.25, 0.3) is 0 Å². The number of nitrogen functional groups attached to an aromatic ring is 2. The molecule has 0 radical (unpaired) electrons. The number of fused-ring (bicyclic) bond motifs is 1. The van der Waals surface area contributed by atoms with Crippen LogP contribution in [0.1, 0.15) is 12.6 Å². The quantitative estimate of drug-likeness (QED) is 0.372. The summed E-state index contributed by atoms with van der Waals surface area (Å²) in [6.07, 6.45) is 0. The molecule has 138 valence electrons. The summed E-state index contributed by atoms with van der Waals surface area (Å²) in [4.78, 5) is 17.7. The molecule has 0 spiro atoms. The van der Waals surface area contributed by atoms with E-state index < -0.39 is 0 Å². The normalized spacial score (nSPS) is 11.5. The van der Waals surface area contributed by atoms with Crippen LogP contribution in [0.2, 0.25) is 0 Å². The highest BCUT2D eigenvalue weighted by Crippen LogP contribution is 2.22. The first-order valence-electron chi connectivity index (χ1n) is 8.63. The SMILES string of the molecule is CC(=NNc1ccccc1)c1nc2c(N)nc(-c3ccccc3)nc2nc1N. The molecule has 8 heteroatoms. The van der Waals surface area contributed by atoms with Crippen LogP contribution < -0.4 is 16.9 Å². The van der Waals surface area contributed by atoms with Crippen LogP contribution in [0, 0.1) is 0 Å². The van der Waals surface area contributed by atoms with E-state index in [9.17, 15) is 0 Å². The fraction of sp³-hybridized carbons (Fsp3) is 0.0500. The lowest BCUT2D eigenvalue weighted by atomic mass is 10.2. The summed E-state index contributed by atoms with van der Waals surface area (Å²) in [5.41, 5.74) is 18.6. The molecule has 0 saturated heterocycles. The van der Waals surface area contributed by atoms with Crippen molar-refractivity contribution in [1.82, 2.24) is 19.9 Å². The van der Waals surface area contributed by atoms with Crippen LogP contribution in [0.25, 0.3) is 22.6 Å². The number of anilines is 3. The first-order valence-corrected chi connectivity index (χ1v) is 8.63. The smallest absolute Gasteiger partial charge is 0.186 e. The average molecular weight is 370 g/mol. The third-order valence-electron chi connectivity index (χ3n) is 4.09. The monoisotopic (exact) mass is 370 g/mol. The maximum atomic E-state index is 6.13. The number of para-hydroxylation sites is 1. The van der Waals surface area contributed by atoms with Gasteiger partial charge >= 0.3 is 0 Å². The number of rotatable bonds is 4. The van der Waals surface area contributed by atoms with E-state index in [0.717, 1.165) is 11.3 Å². The van der Waals surface area contributed by atoms with Crippen molar-refractivity contribution in [3.05, 3.63) is 66.4 Å². The maximum absolute atomic E-state index is 6.13. The largest absolute Gasteiger partial charge is 0.382 e. The van der Waals surface area contributed by atoms with Crippen molar-refractivity contribution < 1.29 is 0 Å². The average Bonchev–Trinajstić information content (AvgIpc) is 2.73. The molecule has 0 unspecified atom stereocenters. The number of benzene rings is 2. The molecule has 8 nitrogen and oxygen atoms in total. The standard InChI is InChI=1S/C20H18N8/c1-12(27-28-14-10-6-3-7-11-14)15-17(21)25-20-16(23-15)18(22)24-19(26-20)13-8-4-2-5-9-13/h2-11,28H,1H3,(H4,21,22,24,25,26). The molecule has 0 aliphatic carbocycles. The van der Waals surface area contributed by atoms with Crippen molar-refractivity contribution in [3.8, 4) is 11.4 Å². The van der Waals surface area contributed by atoms with Crippen LogP contribution in [-0.2, 0) is 0 Å².